The van der Waals surface area contributed by atoms with Crippen LogP contribution in [0.3, 0.4) is 0 Å². The zero-order valence-corrected chi connectivity index (χ0v) is 14.4. The second-order valence-electron chi connectivity index (χ2n) is 7.39. The molecule has 3 atom stereocenters. The van der Waals surface area contributed by atoms with E-state index in [9.17, 15) is 0 Å². The summed E-state index contributed by atoms with van der Waals surface area (Å²) in [6.07, 6.45) is 8.07. The standard InChI is InChI=1S/C18H31NS/c1-5-9-16(17-12-8-13-20-17)19-15-11-7-6-10-14(15)18(2,3)4/h8,12-16,19H,5-7,9-11H2,1-4H3. The topological polar surface area (TPSA) is 12.0 Å². The van der Waals surface area contributed by atoms with E-state index in [1.807, 2.05) is 11.3 Å². The highest BCUT2D eigenvalue weighted by molar-refractivity contribution is 7.10. The first-order valence-electron chi connectivity index (χ1n) is 8.32. The summed E-state index contributed by atoms with van der Waals surface area (Å²) in [6.45, 7) is 9.54. The molecule has 1 nitrogen and oxygen atoms in total. The van der Waals surface area contributed by atoms with Gasteiger partial charge in [0.1, 0.15) is 0 Å². The fourth-order valence-corrected chi connectivity index (χ4v) is 4.53. The van der Waals surface area contributed by atoms with Crippen molar-refractivity contribution in [3.05, 3.63) is 22.4 Å². The Balaban J connectivity index is 2.07. The molecule has 1 aromatic heterocycles. The number of rotatable bonds is 5. The Morgan fingerprint density at radius 3 is 2.65 bits per heavy atom. The summed E-state index contributed by atoms with van der Waals surface area (Å²) in [5.74, 6) is 0.815. The minimum atomic E-state index is 0.421. The summed E-state index contributed by atoms with van der Waals surface area (Å²) in [4.78, 5) is 1.52. The van der Waals surface area contributed by atoms with Crippen molar-refractivity contribution in [3.63, 3.8) is 0 Å². The predicted molar refractivity (Wildman–Crippen MR) is 90.3 cm³/mol. The number of thiophene rings is 1. The first kappa shape index (κ1) is 16.0. The van der Waals surface area contributed by atoms with Gasteiger partial charge in [-0.2, -0.15) is 0 Å². The van der Waals surface area contributed by atoms with E-state index in [0.29, 0.717) is 17.5 Å². The Kier molecular flexibility index (Phi) is 5.68. The van der Waals surface area contributed by atoms with Crippen molar-refractivity contribution in [3.8, 4) is 0 Å². The molecule has 20 heavy (non-hydrogen) atoms. The van der Waals surface area contributed by atoms with E-state index in [1.54, 1.807) is 0 Å². The second-order valence-corrected chi connectivity index (χ2v) is 8.37. The van der Waals surface area contributed by atoms with Crippen LogP contribution in [0.2, 0.25) is 0 Å². The van der Waals surface area contributed by atoms with E-state index in [2.05, 4.69) is 50.5 Å². The smallest absolute Gasteiger partial charge is 0.0416 e. The maximum Gasteiger partial charge on any atom is 0.0416 e. The largest absolute Gasteiger partial charge is 0.306 e. The van der Waals surface area contributed by atoms with Gasteiger partial charge in [-0.05, 0) is 42.0 Å². The quantitative estimate of drug-likeness (QED) is 0.725. The second kappa shape index (κ2) is 7.09. The highest BCUT2D eigenvalue weighted by atomic mass is 32.1. The average Bonchev–Trinajstić information content (AvgIpc) is 2.91. The normalized spacial score (nSPS) is 25.6. The van der Waals surface area contributed by atoms with Crippen LogP contribution < -0.4 is 5.32 Å². The third-order valence-electron chi connectivity index (χ3n) is 4.76. The molecule has 2 heteroatoms. The molecule has 0 radical (unpaired) electrons. The van der Waals surface area contributed by atoms with Crippen molar-refractivity contribution < 1.29 is 0 Å². The van der Waals surface area contributed by atoms with Crippen LogP contribution in [-0.4, -0.2) is 6.04 Å². The van der Waals surface area contributed by atoms with E-state index in [4.69, 9.17) is 0 Å². The summed E-state index contributed by atoms with van der Waals surface area (Å²) in [7, 11) is 0. The summed E-state index contributed by atoms with van der Waals surface area (Å²) in [6, 6.07) is 5.75. The summed E-state index contributed by atoms with van der Waals surface area (Å²) in [5, 5.41) is 6.24. The van der Waals surface area contributed by atoms with Crippen molar-refractivity contribution in [2.75, 3.05) is 0 Å². The van der Waals surface area contributed by atoms with Crippen LogP contribution in [0.4, 0.5) is 0 Å². The summed E-state index contributed by atoms with van der Waals surface area (Å²) in [5.41, 5.74) is 0.421. The number of hydrogen-bond acceptors (Lipinski definition) is 2. The Morgan fingerprint density at radius 2 is 2.05 bits per heavy atom. The molecule has 1 aliphatic carbocycles. The van der Waals surface area contributed by atoms with Gasteiger partial charge in [-0.15, -0.1) is 11.3 Å². The van der Waals surface area contributed by atoms with E-state index >= 15 is 0 Å². The van der Waals surface area contributed by atoms with Crippen molar-refractivity contribution >= 4 is 11.3 Å². The molecule has 2 rings (SSSR count). The van der Waals surface area contributed by atoms with Crippen LogP contribution in [0, 0.1) is 11.3 Å². The van der Waals surface area contributed by atoms with Crippen LogP contribution in [0.1, 0.15) is 77.1 Å². The monoisotopic (exact) mass is 293 g/mol. The van der Waals surface area contributed by atoms with Crippen LogP contribution in [-0.2, 0) is 0 Å². The van der Waals surface area contributed by atoms with Gasteiger partial charge in [-0.3, -0.25) is 0 Å². The molecule has 1 N–H and O–H groups in total. The van der Waals surface area contributed by atoms with E-state index in [1.165, 1.54) is 43.4 Å². The third-order valence-corrected chi connectivity index (χ3v) is 5.74. The molecule has 0 aromatic carbocycles. The molecule has 1 aromatic rings. The average molecular weight is 294 g/mol. The predicted octanol–water partition coefficient (Wildman–Crippen LogP) is 5.78. The van der Waals surface area contributed by atoms with Crippen LogP contribution in [0.15, 0.2) is 17.5 Å². The molecule has 1 heterocycles. The summed E-state index contributed by atoms with van der Waals surface area (Å²) >= 11 is 1.91. The Morgan fingerprint density at radius 1 is 1.30 bits per heavy atom. The fraction of sp³-hybridized carbons (Fsp3) is 0.778. The Hall–Kier alpha value is -0.340. The van der Waals surface area contributed by atoms with Gasteiger partial charge >= 0.3 is 0 Å². The lowest BCUT2D eigenvalue weighted by Crippen LogP contribution is -2.45. The number of nitrogens with one attached hydrogen (secondary N) is 1. The van der Waals surface area contributed by atoms with Gasteiger partial charge in [-0.1, -0.05) is 53.0 Å². The maximum atomic E-state index is 4.03. The van der Waals surface area contributed by atoms with Crippen molar-refractivity contribution in [1.82, 2.24) is 5.32 Å². The van der Waals surface area contributed by atoms with Crippen LogP contribution >= 0.6 is 11.3 Å². The molecule has 1 aliphatic rings. The molecule has 0 spiro atoms. The lowest BCUT2D eigenvalue weighted by atomic mass is 9.69. The van der Waals surface area contributed by atoms with Crippen molar-refractivity contribution in [2.45, 2.75) is 78.3 Å². The zero-order valence-electron chi connectivity index (χ0n) is 13.6. The molecular weight excluding hydrogens is 262 g/mol. The lowest BCUT2D eigenvalue weighted by Gasteiger charge is -2.42. The minimum Gasteiger partial charge on any atom is -0.306 e. The third kappa shape index (κ3) is 4.08. The highest BCUT2D eigenvalue weighted by Crippen LogP contribution is 2.39. The summed E-state index contributed by atoms with van der Waals surface area (Å²) < 4.78 is 0. The zero-order chi connectivity index (χ0) is 14.6. The maximum absolute atomic E-state index is 4.03. The minimum absolute atomic E-state index is 0.421. The Labute approximate surface area is 129 Å². The molecule has 3 unspecified atom stereocenters. The van der Waals surface area contributed by atoms with Gasteiger partial charge in [0.15, 0.2) is 0 Å². The van der Waals surface area contributed by atoms with E-state index in [-0.39, 0.29) is 0 Å². The number of hydrogen-bond donors (Lipinski definition) is 1. The van der Waals surface area contributed by atoms with Gasteiger partial charge in [-0.25, -0.2) is 0 Å². The molecule has 1 fully saturated rings. The molecule has 0 aliphatic heterocycles. The molecule has 0 amide bonds. The molecule has 0 bridgehead atoms. The SMILES string of the molecule is CCCC(NC1CCCCC1C(C)(C)C)c1cccs1. The lowest BCUT2D eigenvalue weighted by molar-refractivity contribution is 0.122. The first-order chi connectivity index (χ1) is 9.52. The van der Waals surface area contributed by atoms with Gasteiger partial charge in [0.25, 0.3) is 0 Å². The molecular formula is C18H31NS. The fourth-order valence-electron chi connectivity index (χ4n) is 3.71. The highest BCUT2D eigenvalue weighted by Gasteiger charge is 2.35. The van der Waals surface area contributed by atoms with E-state index < -0.39 is 0 Å². The molecule has 114 valence electrons. The van der Waals surface area contributed by atoms with Gasteiger partial charge in [0, 0.05) is 17.0 Å². The van der Waals surface area contributed by atoms with E-state index in [0.717, 1.165) is 5.92 Å². The first-order valence-corrected chi connectivity index (χ1v) is 9.19. The van der Waals surface area contributed by atoms with Gasteiger partial charge in [0.05, 0.1) is 0 Å². The van der Waals surface area contributed by atoms with Gasteiger partial charge in [0.2, 0.25) is 0 Å². The van der Waals surface area contributed by atoms with Crippen molar-refractivity contribution in [2.24, 2.45) is 11.3 Å². The van der Waals surface area contributed by atoms with Crippen molar-refractivity contribution in [1.29, 1.82) is 0 Å². The Bertz CT molecular complexity index is 377. The van der Waals surface area contributed by atoms with Crippen LogP contribution in [0.25, 0.3) is 0 Å². The van der Waals surface area contributed by atoms with Crippen LogP contribution in [0.5, 0.6) is 0 Å². The van der Waals surface area contributed by atoms with Gasteiger partial charge < -0.3 is 5.32 Å². The molecule has 1 saturated carbocycles. The molecule has 0 saturated heterocycles.